The number of nitrogens with two attached hydrogens (primary N) is 1. The van der Waals surface area contributed by atoms with Gasteiger partial charge >= 0.3 is 0 Å². The Bertz CT molecular complexity index is 167. The molecule has 0 saturated carbocycles. The summed E-state index contributed by atoms with van der Waals surface area (Å²) in [4.78, 5) is 15.4. The highest BCUT2D eigenvalue weighted by atomic mass is 17.3. The second-order valence-corrected chi connectivity index (χ2v) is 1.23. The van der Waals surface area contributed by atoms with Gasteiger partial charge in [0.1, 0.15) is 6.33 Å². The van der Waals surface area contributed by atoms with E-state index in [1.165, 1.54) is 18.6 Å². The van der Waals surface area contributed by atoms with E-state index in [9.17, 15) is 0 Å². The molecule has 0 aliphatic heterocycles. The van der Waals surface area contributed by atoms with Crippen LogP contribution in [0.15, 0.2) is 18.6 Å². The Balaban J connectivity index is 2.61. The molecule has 1 aromatic heterocycles. The van der Waals surface area contributed by atoms with Crippen molar-refractivity contribution in [2.45, 2.75) is 0 Å². The summed E-state index contributed by atoms with van der Waals surface area (Å²) in [6, 6.07) is 1.52. The van der Waals surface area contributed by atoms with E-state index in [0.717, 1.165) is 0 Å². The van der Waals surface area contributed by atoms with Crippen LogP contribution in [0, 0.1) is 0 Å². The van der Waals surface area contributed by atoms with Gasteiger partial charge in [0.05, 0.1) is 0 Å². The van der Waals surface area contributed by atoms with Crippen LogP contribution < -0.4 is 10.8 Å². The molecule has 0 aromatic carbocycles. The van der Waals surface area contributed by atoms with E-state index < -0.39 is 0 Å². The molecular formula is C4H5N3O2. The molecule has 0 atom stereocenters. The lowest BCUT2D eigenvalue weighted by molar-refractivity contribution is -0.214. The third-order valence-electron chi connectivity index (χ3n) is 0.688. The van der Waals surface area contributed by atoms with Crippen LogP contribution in [0.25, 0.3) is 0 Å². The van der Waals surface area contributed by atoms with E-state index in [1.54, 1.807) is 0 Å². The normalized spacial score (nSPS) is 9.00. The number of nitrogens with zero attached hydrogens (tertiary/aromatic N) is 2. The summed E-state index contributed by atoms with van der Waals surface area (Å²) in [6.45, 7) is 0. The Kier molecular flexibility index (Phi) is 1.95. The van der Waals surface area contributed by atoms with E-state index in [-0.39, 0.29) is 5.88 Å². The van der Waals surface area contributed by atoms with Gasteiger partial charge in [0.15, 0.2) is 0 Å². The molecule has 1 aromatic rings. The largest absolute Gasteiger partial charge is 0.299 e. The molecule has 48 valence electrons. The van der Waals surface area contributed by atoms with Crippen molar-refractivity contribution < 1.29 is 9.88 Å². The maximum absolute atomic E-state index is 4.58. The van der Waals surface area contributed by atoms with Gasteiger partial charge < -0.3 is 0 Å². The molecule has 0 amide bonds. The number of aromatic nitrogens is 2. The van der Waals surface area contributed by atoms with Crippen LogP contribution in [0.4, 0.5) is 0 Å². The molecule has 1 rings (SSSR count). The van der Waals surface area contributed by atoms with Crippen molar-refractivity contribution in [2.24, 2.45) is 5.90 Å². The standard InChI is InChI=1S/C4H5N3O2/c5-9-8-4-1-2-6-3-7-4/h1-3H,5H2. The first-order valence-corrected chi connectivity index (χ1v) is 2.23. The minimum atomic E-state index is 0.285. The van der Waals surface area contributed by atoms with Crippen LogP contribution in [0.3, 0.4) is 0 Å². The zero-order valence-corrected chi connectivity index (χ0v) is 4.52. The van der Waals surface area contributed by atoms with Gasteiger partial charge in [-0.05, 0) is 0 Å². The minimum absolute atomic E-state index is 0.285. The van der Waals surface area contributed by atoms with Gasteiger partial charge in [0, 0.05) is 12.3 Å². The average Bonchev–Trinajstić information content (AvgIpc) is 1.91. The molecule has 5 heteroatoms. The number of hydrogen-bond acceptors (Lipinski definition) is 5. The highest BCUT2D eigenvalue weighted by Gasteiger charge is 1.88. The van der Waals surface area contributed by atoms with E-state index in [0.29, 0.717) is 0 Å². The molecule has 1 heterocycles. The molecule has 0 fully saturated rings. The third-order valence-corrected chi connectivity index (χ3v) is 0.688. The van der Waals surface area contributed by atoms with E-state index in [4.69, 9.17) is 0 Å². The molecule has 0 aliphatic rings. The van der Waals surface area contributed by atoms with Crippen LogP contribution in [0.5, 0.6) is 5.88 Å². The highest BCUT2D eigenvalue weighted by Crippen LogP contribution is 1.99. The van der Waals surface area contributed by atoms with Gasteiger partial charge in [0.2, 0.25) is 0 Å². The summed E-state index contributed by atoms with van der Waals surface area (Å²) >= 11 is 0. The molecule has 2 N–H and O–H groups in total. The summed E-state index contributed by atoms with van der Waals surface area (Å²) in [5, 5.41) is 0. The molecule has 0 unspecified atom stereocenters. The highest BCUT2D eigenvalue weighted by molar-refractivity contribution is 5.02. The topological polar surface area (TPSA) is 70.3 Å². The lowest BCUT2D eigenvalue weighted by Gasteiger charge is -1.94. The van der Waals surface area contributed by atoms with Crippen molar-refractivity contribution in [3.8, 4) is 5.88 Å². The van der Waals surface area contributed by atoms with Crippen LogP contribution >= 0.6 is 0 Å². The SMILES string of the molecule is NOOc1ccncn1. The van der Waals surface area contributed by atoms with Crippen LogP contribution in [0.2, 0.25) is 0 Å². The number of rotatable bonds is 2. The summed E-state index contributed by atoms with van der Waals surface area (Å²) < 4.78 is 0. The molecule has 0 spiro atoms. The fourth-order valence-electron chi connectivity index (χ4n) is 0.377. The van der Waals surface area contributed by atoms with E-state index in [2.05, 4.69) is 25.7 Å². The Morgan fingerprint density at radius 3 is 3.00 bits per heavy atom. The maximum atomic E-state index is 4.58. The van der Waals surface area contributed by atoms with E-state index in [1.807, 2.05) is 0 Å². The van der Waals surface area contributed by atoms with Gasteiger partial charge in [-0.2, -0.15) is 10.9 Å². The summed E-state index contributed by atoms with van der Waals surface area (Å²) in [5.41, 5.74) is 0. The van der Waals surface area contributed by atoms with Gasteiger partial charge in [-0.15, -0.1) is 0 Å². The molecule has 0 aliphatic carbocycles. The smallest absolute Gasteiger partial charge is 0.261 e. The first-order valence-electron chi connectivity index (χ1n) is 2.23. The van der Waals surface area contributed by atoms with Gasteiger partial charge in [-0.3, -0.25) is 4.89 Å². The molecule has 5 nitrogen and oxygen atoms in total. The van der Waals surface area contributed by atoms with Crippen LogP contribution in [-0.2, 0) is 4.99 Å². The lowest BCUT2D eigenvalue weighted by Crippen LogP contribution is -2.04. The predicted octanol–water partition coefficient (Wildman–Crippen LogP) is -0.339. The first kappa shape index (κ1) is 5.93. The van der Waals surface area contributed by atoms with Crippen molar-refractivity contribution in [2.75, 3.05) is 0 Å². The van der Waals surface area contributed by atoms with Gasteiger partial charge in [0.25, 0.3) is 5.88 Å². The Labute approximate surface area is 51.3 Å². The zero-order valence-electron chi connectivity index (χ0n) is 4.52. The molecule has 0 saturated heterocycles. The van der Waals surface area contributed by atoms with Crippen molar-refractivity contribution >= 4 is 0 Å². The molecule has 9 heavy (non-hydrogen) atoms. The second kappa shape index (κ2) is 2.95. The van der Waals surface area contributed by atoms with Crippen molar-refractivity contribution in [1.82, 2.24) is 9.97 Å². The Morgan fingerprint density at radius 2 is 2.44 bits per heavy atom. The maximum Gasteiger partial charge on any atom is 0.261 e. The molecule has 0 radical (unpaired) electrons. The first-order chi connectivity index (χ1) is 4.43. The van der Waals surface area contributed by atoms with Crippen molar-refractivity contribution in [3.05, 3.63) is 18.6 Å². The third kappa shape index (κ3) is 1.63. The quantitative estimate of drug-likeness (QED) is 0.434. The summed E-state index contributed by atoms with van der Waals surface area (Å²) in [7, 11) is 0. The summed E-state index contributed by atoms with van der Waals surface area (Å²) in [6.07, 6.45) is 2.84. The van der Waals surface area contributed by atoms with Gasteiger partial charge in [-0.25, -0.2) is 4.98 Å². The lowest BCUT2D eigenvalue weighted by atomic mass is 10.6. The van der Waals surface area contributed by atoms with E-state index >= 15 is 0 Å². The second-order valence-electron chi connectivity index (χ2n) is 1.23. The van der Waals surface area contributed by atoms with Crippen molar-refractivity contribution in [1.29, 1.82) is 0 Å². The molecule has 0 bridgehead atoms. The average molecular weight is 127 g/mol. The number of hydrogen-bond donors (Lipinski definition) is 1. The predicted molar refractivity (Wildman–Crippen MR) is 27.9 cm³/mol. The minimum Gasteiger partial charge on any atom is -0.299 e. The Morgan fingerprint density at radius 1 is 1.56 bits per heavy atom. The van der Waals surface area contributed by atoms with Crippen LogP contribution in [-0.4, -0.2) is 9.97 Å². The zero-order chi connectivity index (χ0) is 6.53. The van der Waals surface area contributed by atoms with Crippen molar-refractivity contribution in [3.63, 3.8) is 0 Å². The fraction of sp³-hybridized carbons (Fsp3) is 0. The monoisotopic (exact) mass is 127 g/mol. The van der Waals surface area contributed by atoms with Gasteiger partial charge in [-0.1, -0.05) is 4.99 Å². The fourth-order valence-corrected chi connectivity index (χ4v) is 0.377. The Hall–Kier alpha value is -1.20. The summed E-state index contributed by atoms with van der Waals surface area (Å²) in [5.74, 6) is 4.86. The van der Waals surface area contributed by atoms with Crippen LogP contribution in [0.1, 0.15) is 0 Å². The molecular weight excluding hydrogens is 122 g/mol.